The van der Waals surface area contributed by atoms with Crippen molar-refractivity contribution < 1.29 is 14.2 Å². The minimum atomic E-state index is -0.539. The third kappa shape index (κ3) is 3.80. The molecule has 1 unspecified atom stereocenters. The molecule has 1 aliphatic rings. The number of ether oxygens (including phenoxy) is 3. The van der Waals surface area contributed by atoms with E-state index in [1.807, 2.05) is 42.5 Å². The lowest BCUT2D eigenvalue weighted by atomic mass is 10.1. The van der Waals surface area contributed by atoms with Gasteiger partial charge in [0, 0.05) is 17.0 Å². The van der Waals surface area contributed by atoms with Crippen LogP contribution in [-0.4, -0.2) is 35.2 Å². The van der Waals surface area contributed by atoms with E-state index in [2.05, 4.69) is 27.4 Å². The van der Waals surface area contributed by atoms with Gasteiger partial charge in [-0.05, 0) is 24.6 Å². The summed E-state index contributed by atoms with van der Waals surface area (Å²) >= 11 is 1.56. The zero-order valence-corrected chi connectivity index (χ0v) is 17.3. The first kappa shape index (κ1) is 19.3. The summed E-state index contributed by atoms with van der Waals surface area (Å²) in [5, 5.41) is 12.7. The summed E-state index contributed by atoms with van der Waals surface area (Å²) in [7, 11) is 3.23. The molecule has 0 spiro atoms. The van der Waals surface area contributed by atoms with Crippen LogP contribution in [0.15, 0.2) is 47.6 Å². The molecule has 1 N–H and O–H groups in total. The van der Waals surface area contributed by atoms with E-state index in [0.29, 0.717) is 28.2 Å². The first-order valence-corrected chi connectivity index (χ1v) is 10.3. The summed E-state index contributed by atoms with van der Waals surface area (Å²) in [6.45, 7) is 2.12. The molecule has 8 heteroatoms. The summed E-state index contributed by atoms with van der Waals surface area (Å²) in [4.78, 5) is 4.64. The van der Waals surface area contributed by atoms with Gasteiger partial charge in [0.1, 0.15) is 0 Å². The standard InChI is InChI=1S/C21H22N4O3S/c1-4-12-29-21-23-20-17(24-25-21)13-8-5-6-10-15(13)22-19(28-20)14-9-7-11-16(26-2)18(14)27-3/h5-11,19,22H,4,12H2,1-3H3. The van der Waals surface area contributed by atoms with Crippen molar-refractivity contribution in [1.82, 2.24) is 15.2 Å². The fourth-order valence-corrected chi connectivity index (χ4v) is 3.79. The number of hydrogen-bond donors (Lipinski definition) is 1. The van der Waals surface area contributed by atoms with Crippen LogP contribution in [0.4, 0.5) is 5.69 Å². The smallest absolute Gasteiger partial charge is 0.247 e. The molecular weight excluding hydrogens is 388 g/mol. The number of nitrogens with one attached hydrogen (secondary N) is 1. The van der Waals surface area contributed by atoms with Crippen LogP contribution in [0.25, 0.3) is 11.3 Å². The highest BCUT2D eigenvalue weighted by atomic mass is 32.2. The lowest BCUT2D eigenvalue weighted by Gasteiger charge is -2.22. The molecule has 3 aromatic rings. The average molecular weight is 410 g/mol. The van der Waals surface area contributed by atoms with Gasteiger partial charge in [-0.1, -0.05) is 43.0 Å². The van der Waals surface area contributed by atoms with Crippen molar-refractivity contribution in [1.29, 1.82) is 0 Å². The Kier molecular flexibility index (Phi) is 5.71. The van der Waals surface area contributed by atoms with E-state index < -0.39 is 6.23 Å². The molecular formula is C21H22N4O3S. The third-order valence-corrected chi connectivity index (χ3v) is 5.53. The Balaban J connectivity index is 1.82. The lowest BCUT2D eigenvalue weighted by Crippen LogP contribution is -2.18. The van der Waals surface area contributed by atoms with Crippen LogP contribution in [0.2, 0.25) is 0 Å². The summed E-state index contributed by atoms with van der Waals surface area (Å²) in [6.07, 6.45) is 0.489. The minimum absolute atomic E-state index is 0.436. The molecule has 2 heterocycles. The van der Waals surface area contributed by atoms with Gasteiger partial charge in [0.25, 0.3) is 0 Å². The SMILES string of the molecule is CCCSc1nnc2c(n1)OC(c1cccc(OC)c1OC)Nc1ccccc1-2. The second-order valence-electron chi connectivity index (χ2n) is 6.37. The molecule has 0 saturated carbocycles. The van der Waals surface area contributed by atoms with Crippen molar-refractivity contribution in [2.75, 3.05) is 25.3 Å². The van der Waals surface area contributed by atoms with Gasteiger partial charge in [-0.15, -0.1) is 10.2 Å². The molecule has 0 amide bonds. The predicted octanol–water partition coefficient (Wildman–Crippen LogP) is 4.56. The van der Waals surface area contributed by atoms with Gasteiger partial charge in [0.2, 0.25) is 17.3 Å². The second-order valence-corrected chi connectivity index (χ2v) is 7.43. The quantitative estimate of drug-likeness (QED) is 0.593. The molecule has 0 fully saturated rings. The van der Waals surface area contributed by atoms with E-state index in [-0.39, 0.29) is 0 Å². The maximum atomic E-state index is 6.31. The van der Waals surface area contributed by atoms with Crippen LogP contribution in [0.1, 0.15) is 25.1 Å². The number of para-hydroxylation sites is 2. The van der Waals surface area contributed by atoms with Crippen molar-refractivity contribution >= 4 is 17.4 Å². The maximum Gasteiger partial charge on any atom is 0.247 e. The Bertz CT molecular complexity index is 1010. The predicted molar refractivity (Wildman–Crippen MR) is 113 cm³/mol. The van der Waals surface area contributed by atoms with Crippen molar-refractivity contribution in [3.05, 3.63) is 48.0 Å². The van der Waals surface area contributed by atoms with Gasteiger partial charge in [-0.25, -0.2) is 0 Å². The number of aromatic nitrogens is 3. The van der Waals surface area contributed by atoms with Crippen LogP contribution in [0.5, 0.6) is 17.4 Å². The monoisotopic (exact) mass is 410 g/mol. The second kappa shape index (κ2) is 8.57. The van der Waals surface area contributed by atoms with Gasteiger partial charge in [0.15, 0.2) is 17.2 Å². The molecule has 7 nitrogen and oxygen atoms in total. The Hall–Kier alpha value is -3.00. The molecule has 0 aliphatic carbocycles. The highest BCUT2D eigenvalue weighted by Crippen LogP contribution is 2.42. The van der Waals surface area contributed by atoms with E-state index in [4.69, 9.17) is 14.2 Å². The van der Waals surface area contributed by atoms with Gasteiger partial charge in [-0.2, -0.15) is 4.98 Å². The Morgan fingerprint density at radius 3 is 2.72 bits per heavy atom. The van der Waals surface area contributed by atoms with Crippen molar-refractivity contribution in [2.45, 2.75) is 24.7 Å². The molecule has 1 aromatic heterocycles. The van der Waals surface area contributed by atoms with Crippen LogP contribution in [0, 0.1) is 0 Å². The summed E-state index contributed by atoms with van der Waals surface area (Å²) in [5.41, 5.74) is 3.18. The van der Waals surface area contributed by atoms with Crippen LogP contribution < -0.4 is 19.5 Å². The van der Waals surface area contributed by atoms with E-state index >= 15 is 0 Å². The number of thioether (sulfide) groups is 1. The summed E-state index contributed by atoms with van der Waals surface area (Å²) in [5.74, 6) is 2.60. The molecule has 1 aliphatic heterocycles. The van der Waals surface area contributed by atoms with Crippen LogP contribution in [0.3, 0.4) is 0 Å². The number of fused-ring (bicyclic) bond motifs is 3. The summed E-state index contributed by atoms with van der Waals surface area (Å²) < 4.78 is 17.4. The molecule has 29 heavy (non-hydrogen) atoms. The number of hydrogen-bond acceptors (Lipinski definition) is 8. The highest BCUT2D eigenvalue weighted by molar-refractivity contribution is 7.99. The molecule has 0 saturated heterocycles. The van der Waals surface area contributed by atoms with E-state index in [1.165, 1.54) is 0 Å². The summed E-state index contributed by atoms with van der Waals surface area (Å²) in [6, 6.07) is 13.6. The van der Waals surface area contributed by atoms with Crippen LogP contribution >= 0.6 is 11.8 Å². The number of nitrogens with zero attached hydrogens (tertiary/aromatic N) is 3. The van der Waals surface area contributed by atoms with Gasteiger partial charge < -0.3 is 19.5 Å². The van der Waals surface area contributed by atoms with E-state index in [9.17, 15) is 0 Å². The molecule has 0 radical (unpaired) electrons. The van der Waals surface area contributed by atoms with Gasteiger partial charge in [0.05, 0.1) is 19.8 Å². The molecule has 4 rings (SSSR count). The number of anilines is 1. The lowest BCUT2D eigenvalue weighted by molar-refractivity contribution is 0.218. The van der Waals surface area contributed by atoms with E-state index in [1.54, 1.807) is 26.0 Å². The fraction of sp³-hybridized carbons (Fsp3) is 0.286. The molecule has 0 bridgehead atoms. The Morgan fingerprint density at radius 1 is 1.07 bits per heavy atom. The molecule has 150 valence electrons. The Labute approximate surface area is 173 Å². The largest absolute Gasteiger partial charge is 0.493 e. The van der Waals surface area contributed by atoms with Gasteiger partial charge >= 0.3 is 0 Å². The zero-order valence-electron chi connectivity index (χ0n) is 16.5. The first-order chi connectivity index (χ1) is 14.2. The van der Waals surface area contributed by atoms with Crippen molar-refractivity contribution in [2.24, 2.45) is 0 Å². The molecule has 1 atom stereocenters. The first-order valence-electron chi connectivity index (χ1n) is 9.36. The zero-order chi connectivity index (χ0) is 20.2. The van der Waals surface area contributed by atoms with Crippen molar-refractivity contribution in [3.63, 3.8) is 0 Å². The van der Waals surface area contributed by atoms with Gasteiger partial charge in [-0.3, -0.25) is 0 Å². The highest BCUT2D eigenvalue weighted by Gasteiger charge is 2.28. The number of rotatable bonds is 6. The number of methoxy groups -OCH3 is 2. The number of benzene rings is 2. The molecule has 2 aromatic carbocycles. The Morgan fingerprint density at radius 2 is 1.93 bits per heavy atom. The normalized spacial score (nSPS) is 14.7. The van der Waals surface area contributed by atoms with E-state index in [0.717, 1.165) is 29.0 Å². The topological polar surface area (TPSA) is 78.4 Å². The van der Waals surface area contributed by atoms with Crippen molar-refractivity contribution in [3.8, 4) is 28.6 Å². The minimum Gasteiger partial charge on any atom is -0.493 e. The average Bonchev–Trinajstić information content (AvgIpc) is 2.93. The third-order valence-electron chi connectivity index (χ3n) is 4.48. The fourth-order valence-electron chi connectivity index (χ4n) is 3.16. The maximum absolute atomic E-state index is 6.31. The van der Waals surface area contributed by atoms with Crippen LogP contribution in [-0.2, 0) is 0 Å².